The van der Waals surface area contributed by atoms with E-state index in [0.717, 1.165) is 35.0 Å². The average molecular weight is 322 g/mol. The molecule has 3 aromatic rings. The Bertz CT molecular complexity index is 924. The number of nitrogens with zero attached hydrogens (tertiary/aromatic N) is 2. The van der Waals surface area contributed by atoms with Gasteiger partial charge in [0, 0.05) is 36.8 Å². The maximum Gasteiger partial charge on any atom is 0.157 e. The molecule has 1 aromatic heterocycles. The summed E-state index contributed by atoms with van der Waals surface area (Å²) in [6.07, 6.45) is 2.48. The molecule has 2 heterocycles. The van der Waals surface area contributed by atoms with Gasteiger partial charge in [-0.25, -0.2) is 0 Å². The first-order valence-corrected chi connectivity index (χ1v) is 7.93. The minimum atomic E-state index is -0.0895. The predicted molar refractivity (Wildman–Crippen MR) is 91.0 cm³/mol. The van der Waals surface area contributed by atoms with Gasteiger partial charge >= 0.3 is 0 Å². The molecule has 1 aliphatic heterocycles. The van der Waals surface area contributed by atoms with Crippen LogP contribution in [0, 0.1) is 0 Å². The molecule has 3 N–H and O–H groups in total. The number of rotatable bonds is 2. The van der Waals surface area contributed by atoms with Gasteiger partial charge in [0.1, 0.15) is 11.3 Å². The Hall–Kier alpha value is -2.79. The molecule has 0 bridgehead atoms. The molecule has 5 heteroatoms. The van der Waals surface area contributed by atoms with Crippen LogP contribution in [0.4, 0.5) is 0 Å². The van der Waals surface area contributed by atoms with Crippen molar-refractivity contribution in [3.8, 4) is 17.2 Å². The van der Waals surface area contributed by atoms with Gasteiger partial charge < -0.3 is 15.3 Å². The summed E-state index contributed by atoms with van der Waals surface area (Å²) in [6, 6.07) is 10.9. The van der Waals surface area contributed by atoms with E-state index in [4.69, 9.17) is 0 Å². The van der Waals surface area contributed by atoms with Gasteiger partial charge in [-0.05, 0) is 35.7 Å². The first-order chi connectivity index (χ1) is 11.6. The molecule has 0 radical (unpaired) electrons. The largest absolute Gasteiger partial charge is 0.505 e. The molecule has 0 spiro atoms. The van der Waals surface area contributed by atoms with Crippen molar-refractivity contribution >= 4 is 10.9 Å². The zero-order chi connectivity index (χ0) is 16.7. The van der Waals surface area contributed by atoms with Crippen molar-refractivity contribution in [1.82, 2.24) is 9.88 Å². The molecule has 5 nitrogen and oxygen atoms in total. The fourth-order valence-electron chi connectivity index (χ4n) is 3.32. The van der Waals surface area contributed by atoms with Crippen LogP contribution in [0.5, 0.6) is 17.2 Å². The van der Waals surface area contributed by atoms with E-state index in [1.54, 1.807) is 18.3 Å². The third-order valence-electron chi connectivity index (χ3n) is 4.61. The normalized spacial score (nSPS) is 14.7. The number of aromatic nitrogens is 1. The molecule has 2 aromatic carbocycles. The Labute approximate surface area is 139 Å². The van der Waals surface area contributed by atoms with Crippen molar-refractivity contribution in [2.45, 2.75) is 19.5 Å². The summed E-state index contributed by atoms with van der Waals surface area (Å²) in [5.74, 6) is 0.0706. The Morgan fingerprint density at radius 3 is 2.62 bits per heavy atom. The number of hydrogen-bond donors (Lipinski definition) is 3. The van der Waals surface area contributed by atoms with Crippen LogP contribution in [0.15, 0.2) is 42.6 Å². The van der Waals surface area contributed by atoms with Gasteiger partial charge in [-0.3, -0.25) is 9.88 Å². The second kappa shape index (κ2) is 5.69. The van der Waals surface area contributed by atoms with Gasteiger partial charge in [-0.15, -0.1) is 0 Å². The summed E-state index contributed by atoms with van der Waals surface area (Å²) in [5.41, 5.74) is 3.53. The van der Waals surface area contributed by atoms with E-state index in [-0.39, 0.29) is 17.2 Å². The highest BCUT2D eigenvalue weighted by Crippen LogP contribution is 2.33. The number of aromatic hydroxyl groups is 3. The van der Waals surface area contributed by atoms with E-state index in [0.29, 0.717) is 18.6 Å². The van der Waals surface area contributed by atoms with E-state index in [9.17, 15) is 15.3 Å². The molecule has 0 unspecified atom stereocenters. The Kier molecular flexibility index (Phi) is 3.50. The number of pyridine rings is 1. The van der Waals surface area contributed by atoms with Crippen molar-refractivity contribution in [2.75, 3.05) is 6.54 Å². The average Bonchev–Trinajstić information content (AvgIpc) is 2.59. The number of benzene rings is 2. The van der Waals surface area contributed by atoms with Crippen LogP contribution < -0.4 is 0 Å². The van der Waals surface area contributed by atoms with Crippen LogP contribution >= 0.6 is 0 Å². The molecule has 0 saturated carbocycles. The third kappa shape index (κ3) is 2.53. The van der Waals surface area contributed by atoms with Crippen LogP contribution in [0.1, 0.15) is 16.7 Å². The number of fused-ring (bicyclic) bond motifs is 2. The highest BCUT2D eigenvalue weighted by molar-refractivity contribution is 5.85. The Morgan fingerprint density at radius 1 is 1.00 bits per heavy atom. The van der Waals surface area contributed by atoms with Gasteiger partial charge in [-0.2, -0.15) is 0 Å². The third-order valence-corrected chi connectivity index (χ3v) is 4.61. The summed E-state index contributed by atoms with van der Waals surface area (Å²) in [7, 11) is 0. The smallest absolute Gasteiger partial charge is 0.157 e. The fourth-order valence-corrected chi connectivity index (χ4v) is 3.32. The monoisotopic (exact) mass is 322 g/mol. The second-order valence-electron chi connectivity index (χ2n) is 6.22. The first kappa shape index (κ1) is 14.8. The van der Waals surface area contributed by atoms with Crippen LogP contribution in [0.25, 0.3) is 10.9 Å². The van der Waals surface area contributed by atoms with Crippen LogP contribution in [0.3, 0.4) is 0 Å². The standard InChI is InChI=1S/C19H18N2O3/c22-16-8-13-5-7-21(11-15(13)9-17(16)23)10-14-4-3-12-2-1-6-20-18(12)19(14)24/h1-4,6,8-9,22-24H,5,7,10-11H2. The Morgan fingerprint density at radius 2 is 1.79 bits per heavy atom. The molecular formula is C19H18N2O3. The quantitative estimate of drug-likeness (QED) is 0.632. The van der Waals surface area contributed by atoms with Crippen LogP contribution in [0.2, 0.25) is 0 Å². The van der Waals surface area contributed by atoms with Gasteiger partial charge in [0.15, 0.2) is 11.5 Å². The van der Waals surface area contributed by atoms with Gasteiger partial charge in [0.05, 0.1) is 0 Å². The van der Waals surface area contributed by atoms with Gasteiger partial charge in [0.2, 0.25) is 0 Å². The van der Waals surface area contributed by atoms with E-state index in [2.05, 4.69) is 9.88 Å². The number of phenolic OH excluding ortho intramolecular Hbond substituents is 3. The molecule has 24 heavy (non-hydrogen) atoms. The molecular weight excluding hydrogens is 304 g/mol. The van der Waals surface area contributed by atoms with E-state index >= 15 is 0 Å². The van der Waals surface area contributed by atoms with Crippen molar-refractivity contribution < 1.29 is 15.3 Å². The summed E-state index contributed by atoms with van der Waals surface area (Å²) < 4.78 is 0. The van der Waals surface area contributed by atoms with Crippen LogP contribution in [-0.2, 0) is 19.5 Å². The van der Waals surface area contributed by atoms with Crippen molar-refractivity contribution in [3.05, 3.63) is 59.3 Å². The van der Waals surface area contributed by atoms with E-state index in [1.165, 1.54) is 0 Å². The van der Waals surface area contributed by atoms with Gasteiger partial charge in [0.25, 0.3) is 0 Å². The first-order valence-electron chi connectivity index (χ1n) is 7.93. The minimum Gasteiger partial charge on any atom is -0.505 e. The molecule has 0 amide bonds. The lowest BCUT2D eigenvalue weighted by molar-refractivity contribution is 0.241. The summed E-state index contributed by atoms with van der Waals surface area (Å²) in [6.45, 7) is 2.11. The highest BCUT2D eigenvalue weighted by atomic mass is 16.3. The minimum absolute atomic E-state index is 0.0690. The second-order valence-corrected chi connectivity index (χ2v) is 6.22. The lowest BCUT2D eigenvalue weighted by Crippen LogP contribution is -2.30. The molecule has 4 rings (SSSR count). The number of phenols is 3. The molecule has 122 valence electrons. The zero-order valence-electron chi connectivity index (χ0n) is 13.1. The van der Waals surface area contributed by atoms with Crippen LogP contribution in [-0.4, -0.2) is 31.7 Å². The fraction of sp³-hybridized carbons (Fsp3) is 0.211. The predicted octanol–water partition coefficient (Wildman–Crippen LogP) is 2.91. The van der Waals surface area contributed by atoms with Crippen molar-refractivity contribution in [1.29, 1.82) is 0 Å². The molecule has 0 atom stereocenters. The van der Waals surface area contributed by atoms with Crippen molar-refractivity contribution in [2.24, 2.45) is 0 Å². The molecule has 1 aliphatic rings. The molecule has 0 aliphatic carbocycles. The number of hydrogen-bond acceptors (Lipinski definition) is 5. The summed E-state index contributed by atoms with van der Waals surface area (Å²) in [4.78, 5) is 6.47. The molecule has 0 fully saturated rings. The Balaban J connectivity index is 1.60. The maximum atomic E-state index is 10.5. The lowest BCUT2D eigenvalue weighted by atomic mass is 9.98. The molecule has 0 saturated heterocycles. The lowest BCUT2D eigenvalue weighted by Gasteiger charge is -2.29. The maximum absolute atomic E-state index is 10.5. The highest BCUT2D eigenvalue weighted by Gasteiger charge is 2.20. The van der Waals surface area contributed by atoms with E-state index < -0.39 is 0 Å². The zero-order valence-corrected chi connectivity index (χ0v) is 13.1. The SMILES string of the molecule is Oc1cc2c(cc1O)CN(Cc1ccc3cccnc3c1O)CC2. The summed E-state index contributed by atoms with van der Waals surface area (Å²) in [5, 5.41) is 30.7. The summed E-state index contributed by atoms with van der Waals surface area (Å²) >= 11 is 0. The topological polar surface area (TPSA) is 76.8 Å². The van der Waals surface area contributed by atoms with E-state index in [1.807, 2.05) is 24.3 Å². The van der Waals surface area contributed by atoms with Gasteiger partial charge in [-0.1, -0.05) is 18.2 Å². The van der Waals surface area contributed by atoms with Crippen molar-refractivity contribution in [3.63, 3.8) is 0 Å².